The first-order valence-corrected chi connectivity index (χ1v) is 6.17. The van der Waals surface area contributed by atoms with Gasteiger partial charge < -0.3 is 5.21 Å². The van der Waals surface area contributed by atoms with Crippen LogP contribution in [0.1, 0.15) is 30.0 Å². The third kappa shape index (κ3) is 2.98. The summed E-state index contributed by atoms with van der Waals surface area (Å²) < 4.78 is 0. The highest BCUT2D eigenvalue weighted by Gasteiger charge is 2.03. The molecule has 2 aromatic carbocycles. The van der Waals surface area contributed by atoms with Gasteiger partial charge in [0.15, 0.2) is 0 Å². The van der Waals surface area contributed by atoms with Crippen molar-refractivity contribution >= 4 is 5.71 Å². The van der Waals surface area contributed by atoms with E-state index in [0.29, 0.717) is 0 Å². The van der Waals surface area contributed by atoms with Gasteiger partial charge in [-0.15, -0.1) is 0 Å². The Kier molecular flexibility index (Phi) is 4.13. The van der Waals surface area contributed by atoms with Gasteiger partial charge in [0.1, 0.15) is 0 Å². The summed E-state index contributed by atoms with van der Waals surface area (Å²) in [6.45, 7) is 1.99. The highest BCUT2D eigenvalue weighted by Crippen LogP contribution is 2.13. The summed E-state index contributed by atoms with van der Waals surface area (Å²) >= 11 is 0. The second-order valence-electron chi connectivity index (χ2n) is 4.26. The van der Waals surface area contributed by atoms with Gasteiger partial charge in [-0.3, -0.25) is 0 Å². The zero-order valence-electron chi connectivity index (χ0n) is 10.5. The summed E-state index contributed by atoms with van der Waals surface area (Å²) in [6.07, 6.45) is 1.63. The molecule has 0 saturated carbocycles. The summed E-state index contributed by atoms with van der Waals surface area (Å²) in [6, 6.07) is 18.5. The Balaban J connectivity index is 2.23. The lowest BCUT2D eigenvalue weighted by Gasteiger charge is -2.06. The first kappa shape index (κ1) is 12.4. The van der Waals surface area contributed by atoms with Crippen LogP contribution in [0.25, 0.3) is 0 Å². The molecule has 1 N–H and O–H groups in total. The molecule has 0 aliphatic rings. The van der Waals surface area contributed by atoms with Crippen molar-refractivity contribution in [3.8, 4) is 0 Å². The van der Waals surface area contributed by atoms with Crippen molar-refractivity contribution in [3.63, 3.8) is 0 Å². The van der Waals surface area contributed by atoms with E-state index >= 15 is 0 Å². The topological polar surface area (TPSA) is 32.6 Å². The van der Waals surface area contributed by atoms with Crippen LogP contribution in [0.5, 0.6) is 0 Å². The van der Waals surface area contributed by atoms with Crippen LogP contribution in [0.2, 0.25) is 0 Å². The van der Waals surface area contributed by atoms with Crippen LogP contribution in [0.4, 0.5) is 0 Å². The van der Waals surface area contributed by atoms with Gasteiger partial charge in [-0.1, -0.05) is 60.6 Å². The molecule has 0 atom stereocenters. The summed E-state index contributed by atoms with van der Waals surface area (Å²) in [5.41, 5.74) is 4.24. The van der Waals surface area contributed by atoms with E-state index in [-0.39, 0.29) is 0 Å². The normalized spacial score (nSPS) is 11.5. The Morgan fingerprint density at radius 1 is 1.00 bits per heavy atom. The molecule has 0 saturated heterocycles. The van der Waals surface area contributed by atoms with Gasteiger partial charge >= 0.3 is 0 Å². The zero-order valence-corrected chi connectivity index (χ0v) is 10.5. The molecule has 0 radical (unpaired) electrons. The van der Waals surface area contributed by atoms with E-state index in [9.17, 15) is 0 Å². The maximum atomic E-state index is 8.95. The van der Waals surface area contributed by atoms with Crippen molar-refractivity contribution < 1.29 is 5.21 Å². The van der Waals surface area contributed by atoms with Crippen LogP contribution in [-0.2, 0) is 6.42 Å². The van der Waals surface area contributed by atoms with Gasteiger partial charge in [0.2, 0.25) is 0 Å². The van der Waals surface area contributed by atoms with Crippen molar-refractivity contribution in [1.29, 1.82) is 0 Å². The van der Waals surface area contributed by atoms with Crippen LogP contribution in [0.3, 0.4) is 0 Å². The number of hydrogen-bond donors (Lipinski definition) is 1. The maximum absolute atomic E-state index is 8.95. The molecule has 0 heterocycles. The molecule has 2 heteroatoms. The molecule has 0 aliphatic carbocycles. The highest BCUT2D eigenvalue weighted by atomic mass is 16.4. The van der Waals surface area contributed by atoms with Crippen molar-refractivity contribution in [2.24, 2.45) is 5.16 Å². The molecule has 2 rings (SSSR count). The van der Waals surface area contributed by atoms with Gasteiger partial charge in [-0.25, -0.2) is 0 Å². The molecule has 0 aliphatic heterocycles. The van der Waals surface area contributed by atoms with Gasteiger partial charge in [-0.05, 0) is 35.6 Å². The van der Waals surface area contributed by atoms with Gasteiger partial charge in [0.05, 0.1) is 5.71 Å². The predicted molar refractivity (Wildman–Crippen MR) is 74.3 cm³/mol. The SMILES string of the molecule is CC/C(=N/O)c1cccc(Cc2ccccc2)c1. The zero-order chi connectivity index (χ0) is 12.8. The molecule has 92 valence electrons. The smallest absolute Gasteiger partial charge is 0.0865 e. The summed E-state index contributed by atoms with van der Waals surface area (Å²) in [4.78, 5) is 0. The average molecular weight is 239 g/mol. The van der Waals surface area contributed by atoms with Crippen molar-refractivity contribution in [1.82, 2.24) is 0 Å². The molecule has 0 spiro atoms. The van der Waals surface area contributed by atoms with Crippen molar-refractivity contribution in [3.05, 3.63) is 71.3 Å². The molecular weight excluding hydrogens is 222 g/mol. The van der Waals surface area contributed by atoms with Crippen LogP contribution in [0, 0.1) is 0 Å². The Morgan fingerprint density at radius 3 is 2.39 bits per heavy atom. The second kappa shape index (κ2) is 6.01. The van der Waals surface area contributed by atoms with E-state index in [2.05, 4.69) is 29.4 Å². The standard InChI is InChI=1S/C16H17NO/c1-2-16(17-18)15-10-6-9-14(12-15)11-13-7-4-3-5-8-13/h3-10,12,18H,2,11H2,1H3/b17-16-. The fourth-order valence-electron chi connectivity index (χ4n) is 2.02. The Labute approximate surface area is 108 Å². The number of oxime groups is 1. The summed E-state index contributed by atoms with van der Waals surface area (Å²) in [5.74, 6) is 0. The monoisotopic (exact) mass is 239 g/mol. The van der Waals surface area contributed by atoms with Gasteiger partial charge in [0.25, 0.3) is 0 Å². The van der Waals surface area contributed by atoms with Crippen molar-refractivity contribution in [2.75, 3.05) is 0 Å². The van der Waals surface area contributed by atoms with E-state index in [0.717, 1.165) is 24.1 Å². The first-order valence-electron chi connectivity index (χ1n) is 6.17. The van der Waals surface area contributed by atoms with Gasteiger partial charge in [0, 0.05) is 0 Å². The number of nitrogens with zero attached hydrogens (tertiary/aromatic N) is 1. The maximum Gasteiger partial charge on any atom is 0.0865 e. The Hall–Kier alpha value is -2.09. The lowest BCUT2D eigenvalue weighted by atomic mass is 10.0. The minimum Gasteiger partial charge on any atom is -0.411 e. The third-order valence-electron chi connectivity index (χ3n) is 2.97. The molecule has 0 aromatic heterocycles. The Morgan fingerprint density at radius 2 is 1.72 bits per heavy atom. The minimum atomic E-state index is 0.727. The van der Waals surface area contributed by atoms with E-state index in [1.54, 1.807) is 0 Å². The lowest BCUT2D eigenvalue weighted by molar-refractivity contribution is 0.318. The molecule has 0 bridgehead atoms. The molecule has 18 heavy (non-hydrogen) atoms. The summed E-state index contributed by atoms with van der Waals surface area (Å²) in [5, 5.41) is 12.3. The fourth-order valence-corrected chi connectivity index (χ4v) is 2.02. The molecule has 0 unspecified atom stereocenters. The van der Waals surface area contributed by atoms with Crippen LogP contribution in [0.15, 0.2) is 59.8 Å². The minimum absolute atomic E-state index is 0.727. The van der Waals surface area contributed by atoms with E-state index < -0.39 is 0 Å². The van der Waals surface area contributed by atoms with Crippen LogP contribution in [-0.4, -0.2) is 10.9 Å². The number of rotatable bonds is 4. The van der Waals surface area contributed by atoms with E-state index in [1.807, 2.05) is 37.3 Å². The van der Waals surface area contributed by atoms with Crippen LogP contribution < -0.4 is 0 Å². The quantitative estimate of drug-likeness (QED) is 0.490. The average Bonchev–Trinajstić information content (AvgIpc) is 2.42. The van der Waals surface area contributed by atoms with Crippen molar-refractivity contribution in [2.45, 2.75) is 19.8 Å². The van der Waals surface area contributed by atoms with E-state index in [4.69, 9.17) is 5.21 Å². The highest BCUT2D eigenvalue weighted by molar-refractivity contribution is 6.00. The molecule has 0 amide bonds. The predicted octanol–water partition coefficient (Wildman–Crippen LogP) is 3.87. The first-order chi connectivity index (χ1) is 8.83. The molecule has 0 fully saturated rings. The van der Waals surface area contributed by atoms with E-state index in [1.165, 1.54) is 11.1 Å². The van der Waals surface area contributed by atoms with Gasteiger partial charge in [-0.2, -0.15) is 0 Å². The fraction of sp³-hybridized carbons (Fsp3) is 0.188. The van der Waals surface area contributed by atoms with Crippen LogP contribution >= 0.6 is 0 Å². The summed E-state index contributed by atoms with van der Waals surface area (Å²) in [7, 11) is 0. The third-order valence-corrected chi connectivity index (χ3v) is 2.97. The second-order valence-corrected chi connectivity index (χ2v) is 4.26. The number of hydrogen-bond acceptors (Lipinski definition) is 2. The molecule has 2 aromatic rings. The number of benzene rings is 2. The molecular formula is C16H17NO. The largest absolute Gasteiger partial charge is 0.411 e. The Bertz CT molecular complexity index is 532. The molecule has 2 nitrogen and oxygen atoms in total. The lowest BCUT2D eigenvalue weighted by Crippen LogP contribution is -2.00.